The quantitative estimate of drug-likeness (QED) is 0.837. The number of aromatic amines is 1. The van der Waals surface area contributed by atoms with Crippen molar-refractivity contribution in [2.45, 2.75) is 38.9 Å². The van der Waals surface area contributed by atoms with Crippen LogP contribution in [0.15, 0.2) is 22.5 Å². The van der Waals surface area contributed by atoms with E-state index in [1.807, 2.05) is 27.7 Å². The van der Waals surface area contributed by atoms with Crippen molar-refractivity contribution < 1.29 is 9.31 Å². The topological polar surface area (TPSA) is 77.3 Å². The first-order valence-corrected chi connectivity index (χ1v) is 7.18. The third-order valence-electron chi connectivity index (χ3n) is 4.03. The number of H-pyrrole nitrogens is 1. The third-order valence-corrected chi connectivity index (χ3v) is 4.25. The van der Waals surface area contributed by atoms with Crippen LogP contribution >= 0.6 is 11.6 Å². The lowest BCUT2D eigenvalue weighted by atomic mass is 9.77. The van der Waals surface area contributed by atoms with Gasteiger partial charge < -0.3 is 20.0 Å². The van der Waals surface area contributed by atoms with Gasteiger partial charge in [-0.15, -0.1) is 0 Å². The van der Waals surface area contributed by atoms with Crippen LogP contribution in [0.25, 0.3) is 6.08 Å². The van der Waals surface area contributed by atoms with E-state index in [4.69, 9.17) is 26.6 Å². The Morgan fingerprint density at radius 1 is 1.38 bits per heavy atom. The molecule has 0 saturated carbocycles. The van der Waals surface area contributed by atoms with E-state index in [1.165, 1.54) is 6.20 Å². The minimum absolute atomic E-state index is 0.225. The summed E-state index contributed by atoms with van der Waals surface area (Å²) in [6.07, 6.45) is 3.12. The van der Waals surface area contributed by atoms with Crippen molar-refractivity contribution >= 4 is 24.8 Å². The maximum Gasteiger partial charge on any atom is 0.491 e. The van der Waals surface area contributed by atoms with Crippen LogP contribution in [-0.4, -0.2) is 29.8 Å². The molecule has 1 fully saturated rings. The second-order valence-corrected chi connectivity index (χ2v) is 6.55. The van der Waals surface area contributed by atoms with Gasteiger partial charge in [-0.2, -0.15) is 0 Å². The van der Waals surface area contributed by atoms with Crippen molar-refractivity contribution in [3.05, 3.63) is 38.7 Å². The summed E-state index contributed by atoms with van der Waals surface area (Å²) in [5.41, 5.74) is 5.78. The van der Waals surface area contributed by atoms with Gasteiger partial charge in [-0.05, 0) is 39.2 Å². The van der Waals surface area contributed by atoms with E-state index in [2.05, 4.69) is 4.98 Å². The standard InChI is InChI=1S/C14H20BClN2O3/c1-13(2)14(3,4)21-15(20-13)10(7-17)5-9-6-11(16)8-18-12(9)19/h5-6,8H,7,17H2,1-4H3,(H,18,19). The Hall–Kier alpha value is -1.08. The highest BCUT2D eigenvalue weighted by Gasteiger charge is 2.52. The molecule has 1 saturated heterocycles. The maximum absolute atomic E-state index is 11.8. The second kappa shape index (κ2) is 5.61. The molecule has 0 amide bonds. The van der Waals surface area contributed by atoms with Crippen LogP contribution < -0.4 is 11.3 Å². The molecule has 2 rings (SSSR count). The number of aromatic nitrogens is 1. The Morgan fingerprint density at radius 3 is 2.48 bits per heavy atom. The lowest BCUT2D eigenvalue weighted by Gasteiger charge is -2.32. The van der Waals surface area contributed by atoms with E-state index in [9.17, 15) is 4.79 Å². The Balaban J connectivity index is 2.35. The fourth-order valence-corrected chi connectivity index (χ4v) is 2.17. The summed E-state index contributed by atoms with van der Waals surface area (Å²) in [6, 6.07) is 1.58. The molecule has 0 bridgehead atoms. The number of nitrogens with two attached hydrogens (primary N) is 1. The van der Waals surface area contributed by atoms with Gasteiger partial charge in [0, 0.05) is 18.3 Å². The second-order valence-electron chi connectivity index (χ2n) is 6.11. The minimum Gasteiger partial charge on any atom is -0.400 e. The molecule has 1 aromatic heterocycles. The molecule has 1 aliphatic heterocycles. The van der Waals surface area contributed by atoms with E-state index in [1.54, 1.807) is 12.1 Å². The van der Waals surface area contributed by atoms with Crippen LogP contribution in [0.1, 0.15) is 33.3 Å². The summed E-state index contributed by atoms with van der Waals surface area (Å²) < 4.78 is 11.9. The Bertz CT molecular complexity index is 609. The van der Waals surface area contributed by atoms with E-state index in [0.717, 1.165) is 0 Å². The molecular weight excluding hydrogens is 290 g/mol. The summed E-state index contributed by atoms with van der Waals surface area (Å²) in [5, 5.41) is 0.450. The lowest BCUT2D eigenvalue weighted by Crippen LogP contribution is -2.41. The number of pyridine rings is 1. The van der Waals surface area contributed by atoms with Gasteiger partial charge in [-0.1, -0.05) is 17.7 Å². The normalized spacial score (nSPS) is 20.9. The average molecular weight is 311 g/mol. The Kier molecular flexibility index (Phi) is 4.35. The monoisotopic (exact) mass is 310 g/mol. The van der Waals surface area contributed by atoms with E-state index < -0.39 is 18.3 Å². The molecule has 0 atom stereocenters. The first kappa shape index (κ1) is 16.3. The van der Waals surface area contributed by atoms with Crippen molar-refractivity contribution in [3.63, 3.8) is 0 Å². The van der Waals surface area contributed by atoms with Crippen LogP contribution in [0, 0.1) is 0 Å². The Morgan fingerprint density at radius 2 is 1.95 bits per heavy atom. The summed E-state index contributed by atoms with van der Waals surface area (Å²) in [7, 11) is -0.571. The zero-order valence-electron chi connectivity index (χ0n) is 12.7. The van der Waals surface area contributed by atoms with Crippen molar-refractivity contribution in [1.29, 1.82) is 0 Å². The molecule has 3 N–H and O–H groups in total. The zero-order valence-corrected chi connectivity index (χ0v) is 13.5. The highest BCUT2D eigenvalue weighted by atomic mass is 35.5. The van der Waals surface area contributed by atoms with Crippen LogP contribution in [0.5, 0.6) is 0 Å². The van der Waals surface area contributed by atoms with Crippen molar-refractivity contribution in [2.75, 3.05) is 6.54 Å². The number of hydrogen-bond donors (Lipinski definition) is 2. The van der Waals surface area contributed by atoms with Crippen LogP contribution in [0.2, 0.25) is 5.02 Å². The van der Waals surface area contributed by atoms with Gasteiger partial charge in [-0.3, -0.25) is 4.79 Å². The van der Waals surface area contributed by atoms with Gasteiger partial charge >= 0.3 is 7.12 Å². The highest BCUT2D eigenvalue weighted by molar-refractivity contribution is 6.55. The molecule has 0 aromatic carbocycles. The first-order valence-electron chi connectivity index (χ1n) is 6.81. The lowest BCUT2D eigenvalue weighted by molar-refractivity contribution is 0.00578. The van der Waals surface area contributed by atoms with Gasteiger partial charge in [0.05, 0.1) is 16.2 Å². The third kappa shape index (κ3) is 3.24. The summed E-state index contributed by atoms with van der Waals surface area (Å²) in [5.74, 6) is 0. The predicted molar refractivity (Wildman–Crippen MR) is 85.2 cm³/mol. The number of hydrogen-bond acceptors (Lipinski definition) is 4. The molecule has 1 aliphatic rings. The predicted octanol–water partition coefficient (Wildman–Crippen LogP) is 2.00. The smallest absolute Gasteiger partial charge is 0.400 e. The van der Waals surface area contributed by atoms with Gasteiger partial charge in [0.1, 0.15) is 0 Å². The number of nitrogens with one attached hydrogen (secondary N) is 1. The molecule has 0 aliphatic carbocycles. The molecule has 0 spiro atoms. The van der Waals surface area contributed by atoms with E-state index in [0.29, 0.717) is 16.1 Å². The van der Waals surface area contributed by atoms with Crippen molar-refractivity contribution in [3.8, 4) is 0 Å². The molecule has 2 heterocycles. The molecule has 0 unspecified atom stereocenters. The number of rotatable bonds is 3. The highest BCUT2D eigenvalue weighted by Crippen LogP contribution is 2.38. The van der Waals surface area contributed by atoms with Gasteiger partial charge in [0.2, 0.25) is 0 Å². The maximum atomic E-state index is 11.8. The number of halogens is 1. The van der Waals surface area contributed by atoms with Crippen molar-refractivity contribution in [1.82, 2.24) is 4.98 Å². The van der Waals surface area contributed by atoms with E-state index in [-0.39, 0.29) is 12.1 Å². The van der Waals surface area contributed by atoms with Gasteiger partial charge in [-0.25, -0.2) is 0 Å². The van der Waals surface area contributed by atoms with Gasteiger partial charge in [0.15, 0.2) is 0 Å². The van der Waals surface area contributed by atoms with Crippen molar-refractivity contribution in [2.24, 2.45) is 5.73 Å². The van der Waals surface area contributed by atoms with Crippen LogP contribution in [0.4, 0.5) is 0 Å². The van der Waals surface area contributed by atoms with Crippen LogP contribution in [0.3, 0.4) is 0 Å². The summed E-state index contributed by atoms with van der Waals surface area (Å²) in [4.78, 5) is 14.4. The average Bonchev–Trinajstić information content (AvgIpc) is 2.59. The first-order chi connectivity index (χ1) is 9.66. The van der Waals surface area contributed by atoms with Gasteiger partial charge in [0.25, 0.3) is 5.56 Å². The molecular formula is C14H20BClN2O3. The summed E-state index contributed by atoms with van der Waals surface area (Å²) in [6.45, 7) is 8.09. The minimum atomic E-state index is -0.571. The molecule has 7 heteroatoms. The SMILES string of the molecule is CC1(C)OB(C(=Cc2cc(Cl)c[nH]c2=O)CN)OC1(C)C. The van der Waals surface area contributed by atoms with E-state index >= 15 is 0 Å². The fourth-order valence-electron chi connectivity index (χ4n) is 2.00. The summed E-state index contributed by atoms with van der Waals surface area (Å²) >= 11 is 5.90. The molecule has 114 valence electrons. The molecule has 1 aromatic rings. The fraction of sp³-hybridized carbons (Fsp3) is 0.500. The largest absolute Gasteiger partial charge is 0.491 e. The van der Waals surface area contributed by atoms with Crippen LogP contribution in [-0.2, 0) is 9.31 Å². The molecule has 0 radical (unpaired) electrons. The molecule has 21 heavy (non-hydrogen) atoms. The zero-order chi connectivity index (χ0) is 15.8. The molecule has 5 nitrogen and oxygen atoms in total. The Labute approximate surface area is 129 Å².